The SMILES string of the molecule is Cn1c(-c2ccccc2F)nc2ncnc(SCc3ccccc3)c21. The van der Waals surface area contributed by atoms with Crippen LogP contribution in [0.2, 0.25) is 0 Å². The van der Waals surface area contributed by atoms with Crippen molar-refractivity contribution in [2.75, 3.05) is 0 Å². The van der Waals surface area contributed by atoms with Gasteiger partial charge in [0, 0.05) is 12.8 Å². The van der Waals surface area contributed by atoms with E-state index in [4.69, 9.17) is 0 Å². The van der Waals surface area contributed by atoms with Gasteiger partial charge in [-0.3, -0.25) is 0 Å². The van der Waals surface area contributed by atoms with E-state index in [-0.39, 0.29) is 5.82 Å². The predicted octanol–water partition coefficient (Wildman–Crippen LogP) is 4.46. The molecule has 124 valence electrons. The summed E-state index contributed by atoms with van der Waals surface area (Å²) in [7, 11) is 1.87. The van der Waals surface area contributed by atoms with Crippen LogP contribution in [0.3, 0.4) is 0 Å². The van der Waals surface area contributed by atoms with Gasteiger partial charge in [-0.15, -0.1) is 0 Å². The van der Waals surface area contributed by atoms with Crippen LogP contribution in [0.15, 0.2) is 66.0 Å². The molecule has 0 saturated heterocycles. The van der Waals surface area contributed by atoms with Crippen molar-refractivity contribution in [2.24, 2.45) is 7.05 Å². The lowest BCUT2D eigenvalue weighted by molar-refractivity contribution is 0.629. The zero-order valence-electron chi connectivity index (χ0n) is 13.6. The summed E-state index contributed by atoms with van der Waals surface area (Å²) in [4.78, 5) is 13.2. The van der Waals surface area contributed by atoms with E-state index in [0.717, 1.165) is 16.3 Å². The van der Waals surface area contributed by atoms with Crippen molar-refractivity contribution in [3.63, 3.8) is 0 Å². The van der Waals surface area contributed by atoms with Crippen LogP contribution in [-0.2, 0) is 12.8 Å². The Kier molecular flexibility index (Phi) is 4.19. The van der Waals surface area contributed by atoms with Crippen molar-refractivity contribution in [3.8, 4) is 11.4 Å². The first kappa shape index (κ1) is 15.8. The van der Waals surface area contributed by atoms with Crippen LogP contribution in [0, 0.1) is 5.82 Å². The first-order chi connectivity index (χ1) is 12.2. The van der Waals surface area contributed by atoms with Crippen LogP contribution in [-0.4, -0.2) is 19.5 Å². The second-order valence-corrected chi connectivity index (χ2v) is 6.56. The van der Waals surface area contributed by atoms with E-state index < -0.39 is 0 Å². The number of imidazole rings is 1. The topological polar surface area (TPSA) is 43.6 Å². The number of halogens is 1. The van der Waals surface area contributed by atoms with E-state index in [9.17, 15) is 4.39 Å². The minimum atomic E-state index is -0.299. The van der Waals surface area contributed by atoms with Gasteiger partial charge in [-0.25, -0.2) is 19.3 Å². The maximum absolute atomic E-state index is 14.2. The van der Waals surface area contributed by atoms with Crippen LogP contribution in [0.25, 0.3) is 22.6 Å². The van der Waals surface area contributed by atoms with Crippen LogP contribution in [0.1, 0.15) is 5.56 Å². The highest BCUT2D eigenvalue weighted by atomic mass is 32.2. The number of hydrogen-bond acceptors (Lipinski definition) is 4. The molecule has 2 aromatic carbocycles. The third-order valence-corrected chi connectivity index (χ3v) is 5.02. The molecular formula is C19H15FN4S. The Balaban J connectivity index is 1.75. The largest absolute Gasteiger partial charge is 0.323 e. The van der Waals surface area contributed by atoms with E-state index in [0.29, 0.717) is 17.0 Å². The molecule has 4 rings (SSSR count). The molecule has 0 N–H and O–H groups in total. The van der Waals surface area contributed by atoms with Gasteiger partial charge in [0.1, 0.15) is 28.5 Å². The summed E-state index contributed by atoms with van der Waals surface area (Å²) < 4.78 is 16.0. The molecule has 0 saturated carbocycles. The number of nitrogens with zero attached hydrogens (tertiary/aromatic N) is 4. The molecule has 25 heavy (non-hydrogen) atoms. The quantitative estimate of drug-likeness (QED) is 0.402. The fourth-order valence-corrected chi connectivity index (χ4v) is 3.71. The Bertz CT molecular complexity index is 1030. The highest BCUT2D eigenvalue weighted by Gasteiger charge is 2.17. The maximum atomic E-state index is 14.2. The van der Waals surface area contributed by atoms with Gasteiger partial charge in [0.25, 0.3) is 0 Å². The average molecular weight is 350 g/mol. The van der Waals surface area contributed by atoms with Crippen molar-refractivity contribution >= 4 is 22.9 Å². The molecule has 0 atom stereocenters. The van der Waals surface area contributed by atoms with Gasteiger partial charge < -0.3 is 4.57 Å². The molecule has 0 aliphatic rings. The molecule has 0 fully saturated rings. The maximum Gasteiger partial charge on any atom is 0.182 e. The molecule has 2 heterocycles. The Morgan fingerprint density at radius 2 is 1.76 bits per heavy atom. The number of rotatable bonds is 4. The zero-order chi connectivity index (χ0) is 17.2. The summed E-state index contributed by atoms with van der Waals surface area (Å²) in [6.45, 7) is 0. The van der Waals surface area contributed by atoms with Crippen molar-refractivity contribution < 1.29 is 4.39 Å². The number of thioether (sulfide) groups is 1. The van der Waals surface area contributed by atoms with Crippen molar-refractivity contribution in [3.05, 3.63) is 72.3 Å². The van der Waals surface area contributed by atoms with Gasteiger partial charge in [-0.1, -0.05) is 54.2 Å². The summed E-state index contributed by atoms with van der Waals surface area (Å²) in [6.07, 6.45) is 1.51. The first-order valence-electron chi connectivity index (χ1n) is 7.83. The smallest absolute Gasteiger partial charge is 0.182 e. The molecule has 0 aliphatic heterocycles. The minimum absolute atomic E-state index is 0.299. The molecule has 0 bridgehead atoms. The van der Waals surface area contributed by atoms with Gasteiger partial charge in [0.2, 0.25) is 0 Å². The van der Waals surface area contributed by atoms with Gasteiger partial charge in [-0.2, -0.15) is 0 Å². The van der Waals surface area contributed by atoms with E-state index in [1.54, 1.807) is 30.0 Å². The third kappa shape index (κ3) is 3.00. The Hall–Kier alpha value is -2.73. The Morgan fingerprint density at radius 1 is 1.00 bits per heavy atom. The molecule has 6 heteroatoms. The van der Waals surface area contributed by atoms with Crippen LogP contribution >= 0.6 is 11.8 Å². The van der Waals surface area contributed by atoms with Crippen LogP contribution in [0.4, 0.5) is 4.39 Å². The van der Waals surface area contributed by atoms with Crippen LogP contribution in [0.5, 0.6) is 0 Å². The second kappa shape index (κ2) is 6.64. The lowest BCUT2D eigenvalue weighted by Crippen LogP contribution is -1.96. The molecule has 0 unspecified atom stereocenters. The first-order valence-corrected chi connectivity index (χ1v) is 8.81. The summed E-state index contributed by atoms with van der Waals surface area (Å²) in [5.41, 5.74) is 3.07. The number of aromatic nitrogens is 4. The number of aryl methyl sites for hydroxylation is 1. The highest BCUT2D eigenvalue weighted by Crippen LogP contribution is 2.31. The predicted molar refractivity (Wildman–Crippen MR) is 97.7 cm³/mol. The molecule has 0 amide bonds. The van der Waals surface area contributed by atoms with Gasteiger partial charge in [-0.05, 0) is 17.7 Å². The average Bonchev–Trinajstić information content (AvgIpc) is 2.98. The van der Waals surface area contributed by atoms with Crippen molar-refractivity contribution in [1.82, 2.24) is 19.5 Å². The van der Waals surface area contributed by atoms with Gasteiger partial charge >= 0.3 is 0 Å². The monoisotopic (exact) mass is 350 g/mol. The van der Waals surface area contributed by atoms with Crippen molar-refractivity contribution in [2.45, 2.75) is 10.8 Å². The van der Waals surface area contributed by atoms with Gasteiger partial charge in [0.15, 0.2) is 5.65 Å². The van der Waals surface area contributed by atoms with Gasteiger partial charge in [0.05, 0.1) is 5.56 Å². The summed E-state index contributed by atoms with van der Waals surface area (Å²) in [6, 6.07) is 16.8. The zero-order valence-corrected chi connectivity index (χ0v) is 14.4. The molecule has 2 aromatic heterocycles. The second-order valence-electron chi connectivity index (χ2n) is 5.60. The minimum Gasteiger partial charge on any atom is -0.323 e. The molecular weight excluding hydrogens is 335 g/mol. The van der Waals surface area contributed by atoms with E-state index in [1.807, 2.05) is 29.8 Å². The molecule has 0 aliphatic carbocycles. The normalized spacial score (nSPS) is 11.1. The Morgan fingerprint density at radius 3 is 2.56 bits per heavy atom. The lowest BCUT2D eigenvalue weighted by atomic mass is 10.2. The fourth-order valence-electron chi connectivity index (χ4n) is 2.73. The van der Waals surface area contributed by atoms with Crippen LogP contribution < -0.4 is 0 Å². The van der Waals surface area contributed by atoms with E-state index in [1.165, 1.54) is 18.0 Å². The lowest BCUT2D eigenvalue weighted by Gasteiger charge is -2.06. The number of benzene rings is 2. The summed E-state index contributed by atoms with van der Waals surface area (Å²) in [5, 5.41) is 0.839. The Labute approximate surface area is 148 Å². The molecule has 4 aromatic rings. The summed E-state index contributed by atoms with van der Waals surface area (Å²) in [5.74, 6) is 1.05. The summed E-state index contributed by atoms with van der Waals surface area (Å²) >= 11 is 1.62. The number of fused-ring (bicyclic) bond motifs is 1. The molecule has 4 nitrogen and oxygen atoms in total. The number of hydrogen-bond donors (Lipinski definition) is 0. The molecule has 0 spiro atoms. The van der Waals surface area contributed by atoms with E-state index >= 15 is 0 Å². The fraction of sp³-hybridized carbons (Fsp3) is 0.105. The molecule has 0 radical (unpaired) electrons. The highest BCUT2D eigenvalue weighted by molar-refractivity contribution is 7.98. The third-order valence-electron chi connectivity index (χ3n) is 3.97. The van der Waals surface area contributed by atoms with E-state index in [2.05, 4.69) is 27.1 Å². The standard InChI is InChI=1S/C19H15FN4S/c1-24-16-17(23-18(24)14-9-5-6-10-15(14)20)21-12-22-19(16)25-11-13-7-3-2-4-8-13/h2-10,12H,11H2,1H3. The van der Waals surface area contributed by atoms with Crippen molar-refractivity contribution in [1.29, 1.82) is 0 Å².